The molecule has 1 fully saturated rings. The zero-order valence-electron chi connectivity index (χ0n) is 16.0. The van der Waals surface area contributed by atoms with Gasteiger partial charge in [-0.05, 0) is 30.9 Å². The maximum atomic E-state index is 12.9. The molecule has 1 aliphatic rings. The molecule has 0 aliphatic carbocycles. The van der Waals surface area contributed by atoms with Crippen molar-refractivity contribution in [1.29, 1.82) is 0 Å². The highest BCUT2D eigenvalue weighted by atomic mass is 16.5. The minimum atomic E-state index is -0.783. The van der Waals surface area contributed by atoms with Crippen molar-refractivity contribution in [2.45, 2.75) is 58.9 Å². The van der Waals surface area contributed by atoms with E-state index in [1.165, 1.54) is 4.90 Å². The summed E-state index contributed by atoms with van der Waals surface area (Å²) in [5, 5.41) is 0. The molecule has 26 heavy (non-hydrogen) atoms. The Morgan fingerprint density at radius 1 is 1.31 bits per heavy atom. The summed E-state index contributed by atoms with van der Waals surface area (Å²) in [6.07, 6.45) is 5.23. The predicted molar refractivity (Wildman–Crippen MR) is 97.4 cm³/mol. The van der Waals surface area contributed by atoms with E-state index in [2.05, 4.69) is 4.98 Å². The molecule has 2 rings (SSSR count). The molecule has 2 heterocycles. The van der Waals surface area contributed by atoms with E-state index in [0.29, 0.717) is 32.4 Å². The van der Waals surface area contributed by atoms with Gasteiger partial charge in [0.05, 0.1) is 6.61 Å². The maximum absolute atomic E-state index is 12.9. The van der Waals surface area contributed by atoms with Crippen LogP contribution >= 0.6 is 0 Å². The van der Waals surface area contributed by atoms with Gasteiger partial charge in [-0.2, -0.15) is 0 Å². The molecule has 1 saturated heterocycles. The summed E-state index contributed by atoms with van der Waals surface area (Å²) in [6.45, 7) is 7.96. The van der Waals surface area contributed by atoms with E-state index < -0.39 is 29.1 Å². The maximum Gasteiger partial charge on any atom is 0.329 e. The summed E-state index contributed by atoms with van der Waals surface area (Å²) in [4.78, 5) is 43.7. The van der Waals surface area contributed by atoms with Crippen LogP contribution in [0.25, 0.3) is 0 Å². The molecular formula is C20H28N2O4. The summed E-state index contributed by atoms with van der Waals surface area (Å²) in [5.74, 6) is -1.72. The van der Waals surface area contributed by atoms with Crippen molar-refractivity contribution in [2.24, 2.45) is 5.41 Å². The number of amides is 1. The molecule has 0 bridgehead atoms. The minimum absolute atomic E-state index is 0.213. The first-order chi connectivity index (χ1) is 12.3. The quantitative estimate of drug-likeness (QED) is 0.552. The van der Waals surface area contributed by atoms with Gasteiger partial charge in [-0.3, -0.25) is 14.6 Å². The third-order valence-corrected chi connectivity index (χ3v) is 5.15. The zero-order chi connectivity index (χ0) is 19.3. The van der Waals surface area contributed by atoms with E-state index in [9.17, 15) is 14.4 Å². The van der Waals surface area contributed by atoms with Crippen molar-refractivity contribution in [1.82, 2.24) is 9.88 Å². The number of hydrogen-bond acceptors (Lipinski definition) is 5. The number of nitrogens with zero attached hydrogens (tertiary/aromatic N) is 2. The summed E-state index contributed by atoms with van der Waals surface area (Å²) in [7, 11) is 0. The Morgan fingerprint density at radius 3 is 2.62 bits per heavy atom. The lowest BCUT2D eigenvalue weighted by Gasteiger charge is -2.29. The molecule has 0 spiro atoms. The van der Waals surface area contributed by atoms with Gasteiger partial charge in [0.2, 0.25) is 5.78 Å². The molecular weight excluding hydrogens is 332 g/mol. The van der Waals surface area contributed by atoms with Gasteiger partial charge in [-0.25, -0.2) is 4.79 Å². The zero-order valence-corrected chi connectivity index (χ0v) is 16.0. The highest BCUT2D eigenvalue weighted by Crippen LogP contribution is 2.35. The Kier molecular flexibility index (Phi) is 6.51. The number of Topliss-reactive ketones (excluding diaryl/α,β-unsaturated/α-hetero) is 1. The fraction of sp³-hybridized carbons (Fsp3) is 0.600. The summed E-state index contributed by atoms with van der Waals surface area (Å²) >= 11 is 0. The highest BCUT2D eigenvalue weighted by Gasteiger charge is 2.47. The largest absolute Gasteiger partial charge is 0.464 e. The number of ketones is 1. The van der Waals surface area contributed by atoms with Gasteiger partial charge < -0.3 is 9.64 Å². The van der Waals surface area contributed by atoms with E-state index >= 15 is 0 Å². The second-order valence-corrected chi connectivity index (χ2v) is 7.36. The standard InChI is InChI=1S/C20H28N2O4/c1-5-12-26-19(25)16-15(14-8-7-10-21-13-14)9-11-22(16)18(24)17(23)20(3,4)6-2/h7-8,10,13,15-16H,5-6,9,11-12H2,1-4H3/t15-,16+/m1/s1. The van der Waals surface area contributed by atoms with Gasteiger partial charge in [0.15, 0.2) is 0 Å². The second-order valence-electron chi connectivity index (χ2n) is 7.36. The Labute approximate surface area is 154 Å². The van der Waals surface area contributed by atoms with Crippen LogP contribution in [0.2, 0.25) is 0 Å². The van der Waals surface area contributed by atoms with Gasteiger partial charge in [0, 0.05) is 30.3 Å². The van der Waals surface area contributed by atoms with E-state index in [0.717, 1.165) is 5.56 Å². The number of hydrogen-bond donors (Lipinski definition) is 0. The lowest BCUT2D eigenvalue weighted by atomic mass is 9.84. The summed E-state index contributed by atoms with van der Waals surface area (Å²) in [5.41, 5.74) is 0.130. The van der Waals surface area contributed by atoms with Crippen LogP contribution in [0.5, 0.6) is 0 Å². The van der Waals surface area contributed by atoms with Crippen molar-refractivity contribution in [3.8, 4) is 0 Å². The van der Waals surface area contributed by atoms with Crippen molar-refractivity contribution < 1.29 is 19.1 Å². The molecule has 0 aromatic carbocycles. The third-order valence-electron chi connectivity index (χ3n) is 5.15. The molecule has 0 radical (unpaired) electrons. The first-order valence-corrected chi connectivity index (χ1v) is 9.25. The fourth-order valence-electron chi connectivity index (χ4n) is 3.12. The van der Waals surface area contributed by atoms with Crippen LogP contribution in [-0.2, 0) is 19.1 Å². The van der Waals surface area contributed by atoms with Crippen LogP contribution < -0.4 is 0 Å². The summed E-state index contributed by atoms with van der Waals surface area (Å²) in [6, 6.07) is 2.92. The number of aromatic nitrogens is 1. The SMILES string of the molecule is CCCOC(=O)[C@@H]1[C@@H](c2cccnc2)CCN1C(=O)C(=O)C(C)(C)CC. The molecule has 1 aromatic rings. The van der Waals surface area contributed by atoms with Gasteiger partial charge in [-0.1, -0.05) is 33.8 Å². The Bertz CT molecular complexity index is 657. The molecule has 1 aliphatic heterocycles. The Hall–Kier alpha value is -2.24. The van der Waals surface area contributed by atoms with E-state index in [4.69, 9.17) is 4.74 Å². The second kappa shape index (κ2) is 8.43. The molecule has 0 saturated carbocycles. The number of carbonyl (C=O) groups is 3. The van der Waals surface area contributed by atoms with E-state index in [1.807, 2.05) is 19.9 Å². The normalized spacial score (nSPS) is 20.1. The van der Waals surface area contributed by atoms with Crippen LogP contribution in [-0.4, -0.2) is 46.7 Å². The number of ether oxygens (including phenoxy) is 1. The first kappa shape index (κ1) is 20.1. The van der Waals surface area contributed by atoms with Crippen molar-refractivity contribution >= 4 is 17.7 Å². The van der Waals surface area contributed by atoms with Crippen LogP contribution in [0.3, 0.4) is 0 Å². The average molecular weight is 360 g/mol. The number of esters is 1. The number of rotatable bonds is 7. The van der Waals surface area contributed by atoms with Gasteiger partial charge in [0.25, 0.3) is 5.91 Å². The van der Waals surface area contributed by atoms with Crippen LogP contribution in [0.1, 0.15) is 58.4 Å². The lowest BCUT2D eigenvalue weighted by Crippen LogP contribution is -2.49. The third kappa shape index (κ3) is 4.11. The number of carbonyl (C=O) groups excluding carboxylic acids is 3. The van der Waals surface area contributed by atoms with Crippen molar-refractivity contribution in [2.75, 3.05) is 13.2 Å². The molecule has 0 unspecified atom stereocenters. The molecule has 1 aromatic heterocycles. The Balaban J connectivity index is 2.31. The molecule has 2 atom stereocenters. The van der Waals surface area contributed by atoms with Crippen molar-refractivity contribution in [3.63, 3.8) is 0 Å². The summed E-state index contributed by atoms with van der Waals surface area (Å²) < 4.78 is 5.33. The minimum Gasteiger partial charge on any atom is -0.464 e. The first-order valence-electron chi connectivity index (χ1n) is 9.25. The van der Waals surface area contributed by atoms with Gasteiger partial charge in [-0.15, -0.1) is 0 Å². The molecule has 142 valence electrons. The van der Waals surface area contributed by atoms with Crippen LogP contribution in [0, 0.1) is 5.41 Å². The topological polar surface area (TPSA) is 76.6 Å². The Morgan fingerprint density at radius 2 is 2.04 bits per heavy atom. The van der Waals surface area contributed by atoms with Crippen LogP contribution in [0.4, 0.5) is 0 Å². The smallest absolute Gasteiger partial charge is 0.329 e. The number of pyridine rings is 1. The van der Waals surface area contributed by atoms with E-state index in [1.54, 1.807) is 32.3 Å². The van der Waals surface area contributed by atoms with Gasteiger partial charge in [0.1, 0.15) is 6.04 Å². The van der Waals surface area contributed by atoms with Crippen LogP contribution in [0.15, 0.2) is 24.5 Å². The van der Waals surface area contributed by atoms with Crippen molar-refractivity contribution in [3.05, 3.63) is 30.1 Å². The molecule has 0 N–H and O–H groups in total. The predicted octanol–water partition coefficient (Wildman–Crippen LogP) is 2.72. The molecule has 1 amide bonds. The number of likely N-dealkylation sites (tertiary alicyclic amines) is 1. The highest BCUT2D eigenvalue weighted by molar-refractivity contribution is 6.38. The lowest BCUT2D eigenvalue weighted by molar-refractivity contribution is -0.157. The molecule has 6 nitrogen and oxygen atoms in total. The van der Waals surface area contributed by atoms with Gasteiger partial charge >= 0.3 is 5.97 Å². The fourth-order valence-corrected chi connectivity index (χ4v) is 3.12. The average Bonchev–Trinajstić information content (AvgIpc) is 3.10. The monoisotopic (exact) mass is 360 g/mol. The van der Waals surface area contributed by atoms with E-state index in [-0.39, 0.29) is 5.92 Å². The molecule has 6 heteroatoms.